The quantitative estimate of drug-likeness (QED) is 0.904. The number of likely N-dealkylation sites (N-methyl/N-ethyl adjacent to an activating group) is 2. The molecule has 4 heteroatoms. The van der Waals surface area contributed by atoms with Crippen LogP contribution in [0.15, 0.2) is 18.2 Å². The van der Waals surface area contributed by atoms with Gasteiger partial charge in [0.05, 0.1) is 5.56 Å². The number of likely N-dealkylation sites (tertiary alicyclic amines) is 1. The standard InChI is InChI=1S/C15H22N2O2/c1-11-6-7-14(18)13(9-11)15(19)17(3)10-12-5-4-8-16(12)2/h6-7,9,12,18H,4-5,8,10H2,1-3H3. The third-order valence-electron chi connectivity index (χ3n) is 3.89. The Bertz CT molecular complexity index is 473. The molecular formula is C15H22N2O2. The van der Waals surface area contributed by atoms with Crippen LogP contribution >= 0.6 is 0 Å². The smallest absolute Gasteiger partial charge is 0.257 e. The molecule has 0 aliphatic carbocycles. The Hall–Kier alpha value is -1.55. The highest BCUT2D eigenvalue weighted by Crippen LogP contribution is 2.21. The molecule has 0 saturated carbocycles. The Morgan fingerprint density at radius 2 is 2.26 bits per heavy atom. The molecule has 0 spiro atoms. The number of hydrogen-bond donors (Lipinski definition) is 1. The van der Waals surface area contributed by atoms with Crippen LogP contribution in [-0.4, -0.2) is 54.0 Å². The van der Waals surface area contributed by atoms with E-state index < -0.39 is 0 Å². The molecule has 0 bridgehead atoms. The number of aryl methyl sites for hydroxylation is 1. The summed E-state index contributed by atoms with van der Waals surface area (Å²) in [7, 11) is 3.90. The Labute approximate surface area is 114 Å². The monoisotopic (exact) mass is 262 g/mol. The van der Waals surface area contributed by atoms with Gasteiger partial charge in [-0.25, -0.2) is 0 Å². The number of phenolic OH excluding ortho intramolecular Hbond substituents is 1. The van der Waals surface area contributed by atoms with Gasteiger partial charge in [0.2, 0.25) is 0 Å². The fourth-order valence-corrected chi connectivity index (χ4v) is 2.64. The first-order chi connectivity index (χ1) is 8.99. The maximum atomic E-state index is 12.4. The molecule has 1 unspecified atom stereocenters. The van der Waals surface area contributed by atoms with E-state index in [0.29, 0.717) is 18.2 Å². The van der Waals surface area contributed by atoms with Crippen LogP contribution in [0.3, 0.4) is 0 Å². The Kier molecular flexibility index (Phi) is 4.10. The van der Waals surface area contributed by atoms with E-state index in [4.69, 9.17) is 0 Å². The van der Waals surface area contributed by atoms with E-state index >= 15 is 0 Å². The largest absolute Gasteiger partial charge is 0.507 e. The summed E-state index contributed by atoms with van der Waals surface area (Å²) >= 11 is 0. The molecule has 1 atom stereocenters. The number of aromatic hydroxyl groups is 1. The van der Waals surface area contributed by atoms with Gasteiger partial charge < -0.3 is 14.9 Å². The highest BCUT2D eigenvalue weighted by molar-refractivity contribution is 5.96. The minimum atomic E-state index is -0.110. The second-order valence-corrected chi connectivity index (χ2v) is 5.48. The van der Waals surface area contributed by atoms with Crippen LogP contribution < -0.4 is 0 Å². The van der Waals surface area contributed by atoms with Crippen LogP contribution in [0.25, 0.3) is 0 Å². The van der Waals surface area contributed by atoms with Crippen molar-refractivity contribution < 1.29 is 9.90 Å². The molecule has 1 aromatic rings. The summed E-state index contributed by atoms with van der Waals surface area (Å²) in [6.45, 7) is 3.73. The predicted octanol–water partition coefficient (Wildman–Crippen LogP) is 1.87. The van der Waals surface area contributed by atoms with E-state index in [0.717, 1.165) is 18.5 Å². The van der Waals surface area contributed by atoms with Gasteiger partial charge >= 0.3 is 0 Å². The molecule has 1 aliphatic heterocycles. The zero-order chi connectivity index (χ0) is 14.0. The Morgan fingerprint density at radius 1 is 1.53 bits per heavy atom. The lowest BCUT2D eigenvalue weighted by atomic mass is 10.1. The summed E-state index contributed by atoms with van der Waals surface area (Å²) < 4.78 is 0. The molecular weight excluding hydrogens is 240 g/mol. The molecule has 1 aliphatic rings. The summed E-state index contributed by atoms with van der Waals surface area (Å²) in [6.07, 6.45) is 2.33. The Morgan fingerprint density at radius 3 is 2.89 bits per heavy atom. The van der Waals surface area contributed by atoms with Gasteiger partial charge in [0, 0.05) is 19.6 Å². The number of benzene rings is 1. The number of amides is 1. The molecule has 2 rings (SSSR count). The molecule has 1 aromatic carbocycles. The number of nitrogens with zero attached hydrogens (tertiary/aromatic N) is 2. The van der Waals surface area contributed by atoms with Crippen LogP contribution in [0, 0.1) is 6.92 Å². The van der Waals surface area contributed by atoms with E-state index in [1.807, 2.05) is 6.92 Å². The van der Waals surface area contributed by atoms with Gasteiger partial charge in [-0.2, -0.15) is 0 Å². The number of hydrogen-bond acceptors (Lipinski definition) is 3. The highest BCUT2D eigenvalue weighted by Gasteiger charge is 2.25. The van der Waals surface area contributed by atoms with Crippen molar-refractivity contribution in [2.24, 2.45) is 0 Å². The first-order valence-electron chi connectivity index (χ1n) is 6.74. The van der Waals surface area contributed by atoms with Crippen molar-refractivity contribution in [1.29, 1.82) is 0 Å². The second kappa shape index (κ2) is 5.61. The first-order valence-corrected chi connectivity index (χ1v) is 6.74. The van der Waals surface area contributed by atoms with Gasteiger partial charge in [-0.15, -0.1) is 0 Å². The number of carbonyl (C=O) groups excluding carboxylic acids is 1. The summed E-state index contributed by atoms with van der Waals surface area (Å²) in [5.74, 6) is -0.0521. The molecule has 0 aromatic heterocycles. The number of carbonyl (C=O) groups is 1. The van der Waals surface area contributed by atoms with Crippen molar-refractivity contribution in [3.05, 3.63) is 29.3 Å². The van der Waals surface area contributed by atoms with Crippen molar-refractivity contribution in [2.75, 3.05) is 27.2 Å². The second-order valence-electron chi connectivity index (χ2n) is 5.48. The summed E-state index contributed by atoms with van der Waals surface area (Å²) in [4.78, 5) is 16.4. The SMILES string of the molecule is Cc1ccc(O)c(C(=O)N(C)CC2CCCN2C)c1. The van der Waals surface area contributed by atoms with Gasteiger partial charge in [-0.3, -0.25) is 4.79 Å². The first kappa shape index (κ1) is 13.9. The van der Waals surface area contributed by atoms with E-state index in [2.05, 4.69) is 11.9 Å². The summed E-state index contributed by atoms with van der Waals surface area (Å²) in [5, 5.41) is 9.81. The lowest BCUT2D eigenvalue weighted by Crippen LogP contribution is -2.39. The van der Waals surface area contributed by atoms with Crippen LogP contribution in [0.5, 0.6) is 5.75 Å². The molecule has 1 heterocycles. The molecule has 1 saturated heterocycles. The maximum absolute atomic E-state index is 12.4. The lowest BCUT2D eigenvalue weighted by Gasteiger charge is -2.26. The highest BCUT2D eigenvalue weighted by atomic mass is 16.3. The maximum Gasteiger partial charge on any atom is 0.257 e. The van der Waals surface area contributed by atoms with E-state index in [-0.39, 0.29) is 11.7 Å². The van der Waals surface area contributed by atoms with Crippen LogP contribution in [0.4, 0.5) is 0 Å². The summed E-state index contributed by atoms with van der Waals surface area (Å²) in [6, 6.07) is 5.56. The predicted molar refractivity (Wildman–Crippen MR) is 75.5 cm³/mol. The summed E-state index contributed by atoms with van der Waals surface area (Å²) in [5.41, 5.74) is 1.37. The van der Waals surface area contributed by atoms with Crippen molar-refractivity contribution in [1.82, 2.24) is 9.80 Å². The minimum absolute atomic E-state index is 0.0576. The van der Waals surface area contributed by atoms with Gasteiger partial charge in [-0.05, 0) is 45.5 Å². The van der Waals surface area contributed by atoms with Gasteiger partial charge in [0.1, 0.15) is 5.75 Å². The molecule has 1 amide bonds. The molecule has 4 nitrogen and oxygen atoms in total. The fourth-order valence-electron chi connectivity index (χ4n) is 2.64. The van der Waals surface area contributed by atoms with Crippen LogP contribution in [-0.2, 0) is 0 Å². The van der Waals surface area contributed by atoms with Gasteiger partial charge in [0.25, 0.3) is 5.91 Å². The third kappa shape index (κ3) is 3.07. The number of rotatable bonds is 3. The average molecular weight is 262 g/mol. The molecule has 104 valence electrons. The fraction of sp³-hybridized carbons (Fsp3) is 0.533. The van der Waals surface area contributed by atoms with Crippen LogP contribution in [0.1, 0.15) is 28.8 Å². The zero-order valence-electron chi connectivity index (χ0n) is 11.9. The van der Waals surface area contributed by atoms with E-state index in [1.165, 1.54) is 6.42 Å². The van der Waals surface area contributed by atoms with Crippen molar-refractivity contribution >= 4 is 5.91 Å². The van der Waals surface area contributed by atoms with E-state index in [1.54, 1.807) is 30.1 Å². The normalized spacial score (nSPS) is 19.6. The average Bonchev–Trinajstić information content (AvgIpc) is 2.77. The van der Waals surface area contributed by atoms with E-state index in [9.17, 15) is 9.90 Å². The molecule has 1 N–H and O–H groups in total. The Balaban J connectivity index is 2.08. The zero-order valence-corrected chi connectivity index (χ0v) is 11.9. The van der Waals surface area contributed by atoms with Crippen LogP contribution in [0.2, 0.25) is 0 Å². The van der Waals surface area contributed by atoms with Crippen molar-refractivity contribution in [3.8, 4) is 5.75 Å². The van der Waals surface area contributed by atoms with Crippen molar-refractivity contribution in [2.45, 2.75) is 25.8 Å². The topological polar surface area (TPSA) is 43.8 Å². The molecule has 1 fully saturated rings. The number of phenols is 1. The van der Waals surface area contributed by atoms with Crippen molar-refractivity contribution in [3.63, 3.8) is 0 Å². The van der Waals surface area contributed by atoms with Gasteiger partial charge in [0.15, 0.2) is 0 Å². The third-order valence-corrected chi connectivity index (χ3v) is 3.89. The van der Waals surface area contributed by atoms with Gasteiger partial charge in [-0.1, -0.05) is 11.6 Å². The minimum Gasteiger partial charge on any atom is -0.507 e. The molecule has 19 heavy (non-hydrogen) atoms. The molecule has 0 radical (unpaired) electrons. The lowest BCUT2D eigenvalue weighted by molar-refractivity contribution is 0.0758.